The molecule has 0 spiro atoms. The summed E-state index contributed by atoms with van der Waals surface area (Å²) in [4.78, 5) is 22.7. The van der Waals surface area contributed by atoms with Gasteiger partial charge in [-0.15, -0.1) is 0 Å². The van der Waals surface area contributed by atoms with Crippen LogP contribution >= 0.6 is 0 Å². The summed E-state index contributed by atoms with van der Waals surface area (Å²) < 4.78 is 0. The fourth-order valence-corrected chi connectivity index (χ4v) is 3.26. The molecule has 0 aromatic carbocycles. The number of rotatable bonds is 7. The fourth-order valence-electron chi connectivity index (χ4n) is 3.26. The molecule has 5 heteroatoms. The van der Waals surface area contributed by atoms with Crippen LogP contribution < -0.4 is 10.6 Å². The average molecular weight is 284 g/mol. The van der Waals surface area contributed by atoms with Crippen LogP contribution in [-0.2, 0) is 4.79 Å². The molecule has 0 bridgehead atoms. The number of urea groups is 1. The molecule has 0 heterocycles. The quantitative estimate of drug-likeness (QED) is 0.672. The number of carboxylic acid groups (broad SMARTS) is 1. The molecule has 20 heavy (non-hydrogen) atoms. The van der Waals surface area contributed by atoms with Crippen LogP contribution in [-0.4, -0.2) is 29.7 Å². The number of hydrogen-bond acceptors (Lipinski definition) is 2. The van der Waals surface area contributed by atoms with Crippen molar-refractivity contribution in [3.63, 3.8) is 0 Å². The Hall–Kier alpha value is -1.26. The Morgan fingerprint density at radius 2 is 1.85 bits per heavy atom. The van der Waals surface area contributed by atoms with Crippen LogP contribution in [0.5, 0.6) is 0 Å². The van der Waals surface area contributed by atoms with Gasteiger partial charge in [-0.1, -0.05) is 33.6 Å². The normalized spacial score (nSPS) is 18.8. The van der Waals surface area contributed by atoms with E-state index < -0.39 is 12.0 Å². The van der Waals surface area contributed by atoms with Crippen LogP contribution in [0.25, 0.3) is 0 Å². The van der Waals surface area contributed by atoms with Crippen molar-refractivity contribution in [2.24, 2.45) is 11.3 Å². The first-order chi connectivity index (χ1) is 9.38. The minimum Gasteiger partial charge on any atom is -0.480 e. The highest BCUT2D eigenvalue weighted by Gasteiger charge is 2.34. The SMILES string of the molecule is CCC(NC(=O)NCC1(CC(C)C)CCCC1)C(=O)O. The standard InChI is InChI=1S/C15H28N2O3/c1-4-12(13(18)19)17-14(20)16-10-15(9-11(2)3)7-5-6-8-15/h11-12H,4-10H2,1-3H3,(H,18,19)(H2,16,17,20). The van der Waals surface area contributed by atoms with Gasteiger partial charge in [-0.25, -0.2) is 9.59 Å². The summed E-state index contributed by atoms with van der Waals surface area (Å²) in [5.74, 6) is -0.374. The maximum atomic E-state index is 11.8. The fraction of sp³-hybridized carbons (Fsp3) is 0.867. The van der Waals surface area contributed by atoms with E-state index in [1.165, 1.54) is 12.8 Å². The maximum Gasteiger partial charge on any atom is 0.326 e. The van der Waals surface area contributed by atoms with Crippen LogP contribution in [0.3, 0.4) is 0 Å². The van der Waals surface area contributed by atoms with E-state index in [1.54, 1.807) is 6.92 Å². The number of nitrogens with one attached hydrogen (secondary N) is 2. The minimum atomic E-state index is -0.986. The molecule has 1 aliphatic carbocycles. The summed E-state index contributed by atoms with van der Waals surface area (Å²) in [7, 11) is 0. The van der Waals surface area contributed by atoms with Crippen molar-refractivity contribution in [1.29, 1.82) is 0 Å². The first-order valence-corrected chi connectivity index (χ1v) is 7.66. The molecule has 0 radical (unpaired) electrons. The van der Waals surface area contributed by atoms with Crippen LogP contribution in [0.2, 0.25) is 0 Å². The predicted octanol–water partition coefficient (Wildman–Crippen LogP) is 2.76. The zero-order valence-electron chi connectivity index (χ0n) is 12.9. The topological polar surface area (TPSA) is 78.4 Å². The summed E-state index contributed by atoms with van der Waals surface area (Å²) in [6.45, 7) is 6.80. The molecule has 0 aromatic heterocycles. The van der Waals surface area contributed by atoms with Gasteiger partial charge in [0, 0.05) is 6.54 Å². The van der Waals surface area contributed by atoms with Gasteiger partial charge in [0.1, 0.15) is 6.04 Å². The lowest BCUT2D eigenvalue weighted by Gasteiger charge is -2.31. The van der Waals surface area contributed by atoms with Gasteiger partial charge in [0.15, 0.2) is 0 Å². The van der Waals surface area contributed by atoms with E-state index in [0.717, 1.165) is 19.3 Å². The van der Waals surface area contributed by atoms with Crippen molar-refractivity contribution in [2.45, 2.75) is 65.3 Å². The molecule has 0 aromatic rings. The summed E-state index contributed by atoms with van der Waals surface area (Å²) >= 11 is 0. The molecule has 0 saturated heterocycles. The monoisotopic (exact) mass is 284 g/mol. The Kier molecular flexibility index (Phi) is 6.30. The van der Waals surface area contributed by atoms with Gasteiger partial charge < -0.3 is 15.7 Å². The maximum absolute atomic E-state index is 11.8. The number of hydrogen-bond donors (Lipinski definition) is 3. The van der Waals surface area contributed by atoms with Crippen molar-refractivity contribution in [3.8, 4) is 0 Å². The highest BCUT2D eigenvalue weighted by atomic mass is 16.4. The van der Waals surface area contributed by atoms with E-state index in [1.807, 2.05) is 0 Å². The number of aliphatic carboxylic acids is 1. The third kappa shape index (κ3) is 5.02. The molecule has 5 nitrogen and oxygen atoms in total. The second-order valence-electron chi connectivity index (χ2n) is 6.43. The molecule has 1 rings (SSSR count). The van der Waals surface area contributed by atoms with Gasteiger partial charge in [0.05, 0.1) is 0 Å². The van der Waals surface area contributed by atoms with Crippen molar-refractivity contribution in [1.82, 2.24) is 10.6 Å². The van der Waals surface area contributed by atoms with Gasteiger partial charge in [-0.05, 0) is 37.0 Å². The van der Waals surface area contributed by atoms with Crippen molar-refractivity contribution >= 4 is 12.0 Å². The van der Waals surface area contributed by atoms with E-state index in [4.69, 9.17) is 5.11 Å². The van der Waals surface area contributed by atoms with E-state index in [9.17, 15) is 9.59 Å². The first-order valence-electron chi connectivity index (χ1n) is 7.66. The van der Waals surface area contributed by atoms with Gasteiger partial charge in [-0.2, -0.15) is 0 Å². The molecule has 1 aliphatic rings. The number of carbonyl (C=O) groups is 2. The minimum absolute atomic E-state index is 0.205. The average Bonchev–Trinajstić information content (AvgIpc) is 2.81. The largest absolute Gasteiger partial charge is 0.480 e. The first kappa shape index (κ1) is 16.8. The molecule has 1 unspecified atom stereocenters. The Labute approximate surface area is 121 Å². The van der Waals surface area contributed by atoms with Crippen LogP contribution in [0.1, 0.15) is 59.3 Å². The lowest BCUT2D eigenvalue weighted by atomic mass is 9.78. The predicted molar refractivity (Wildman–Crippen MR) is 78.6 cm³/mol. The number of carbonyl (C=O) groups excluding carboxylic acids is 1. The molecule has 1 atom stereocenters. The Bertz CT molecular complexity index is 336. The van der Waals surface area contributed by atoms with E-state index >= 15 is 0 Å². The van der Waals surface area contributed by atoms with Gasteiger partial charge in [0.25, 0.3) is 0 Å². The Morgan fingerprint density at radius 1 is 1.25 bits per heavy atom. The zero-order valence-corrected chi connectivity index (χ0v) is 12.9. The third-order valence-electron chi connectivity index (χ3n) is 4.14. The molecule has 1 saturated carbocycles. The summed E-state index contributed by atoms with van der Waals surface area (Å²) in [5, 5.41) is 14.3. The van der Waals surface area contributed by atoms with E-state index in [2.05, 4.69) is 24.5 Å². The van der Waals surface area contributed by atoms with E-state index in [-0.39, 0.29) is 11.4 Å². The van der Waals surface area contributed by atoms with Crippen molar-refractivity contribution < 1.29 is 14.7 Å². The molecule has 3 N–H and O–H groups in total. The zero-order chi connectivity index (χ0) is 15.2. The molecule has 2 amide bonds. The number of carboxylic acids is 1. The lowest BCUT2D eigenvalue weighted by Crippen LogP contribution is -2.48. The Balaban J connectivity index is 2.47. The van der Waals surface area contributed by atoms with Crippen LogP contribution in [0.4, 0.5) is 4.79 Å². The summed E-state index contributed by atoms with van der Waals surface area (Å²) in [6, 6.07) is -1.17. The number of amides is 2. The molecular weight excluding hydrogens is 256 g/mol. The van der Waals surface area contributed by atoms with E-state index in [0.29, 0.717) is 18.9 Å². The highest BCUT2D eigenvalue weighted by Crippen LogP contribution is 2.42. The lowest BCUT2D eigenvalue weighted by molar-refractivity contribution is -0.139. The van der Waals surface area contributed by atoms with Crippen molar-refractivity contribution in [3.05, 3.63) is 0 Å². The van der Waals surface area contributed by atoms with Crippen molar-refractivity contribution in [2.75, 3.05) is 6.54 Å². The van der Waals surface area contributed by atoms with Gasteiger partial charge in [-0.3, -0.25) is 0 Å². The summed E-state index contributed by atoms with van der Waals surface area (Å²) in [6.07, 6.45) is 6.26. The molecule has 116 valence electrons. The van der Waals surface area contributed by atoms with Gasteiger partial charge >= 0.3 is 12.0 Å². The molecule has 0 aliphatic heterocycles. The van der Waals surface area contributed by atoms with Gasteiger partial charge in [0.2, 0.25) is 0 Å². The van der Waals surface area contributed by atoms with Crippen LogP contribution in [0, 0.1) is 11.3 Å². The smallest absolute Gasteiger partial charge is 0.326 e. The van der Waals surface area contributed by atoms with Crippen LogP contribution in [0.15, 0.2) is 0 Å². The second-order valence-corrected chi connectivity index (χ2v) is 6.43. The molecular formula is C15H28N2O3. The molecule has 1 fully saturated rings. The third-order valence-corrected chi connectivity index (χ3v) is 4.14. The summed E-state index contributed by atoms with van der Waals surface area (Å²) in [5.41, 5.74) is 0.205. The second kappa shape index (κ2) is 7.50. The highest BCUT2D eigenvalue weighted by molar-refractivity contribution is 5.82. The Morgan fingerprint density at radius 3 is 2.30 bits per heavy atom.